The third-order valence-corrected chi connectivity index (χ3v) is 6.69. The highest BCUT2D eigenvalue weighted by molar-refractivity contribution is 6.08. The molecule has 0 atom stereocenters. The molecule has 9 heteroatoms. The van der Waals surface area contributed by atoms with Crippen LogP contribution in [0.5, 0.6) is 11.8 Å². The molecule has 3 aromatic carbocycles. The van der Waals surface area contributed by atoms with E-state index in [1.807, 2.05) is 66.9 Å². The van der Waals surface area contributed by atoms with Gasteiger partial charge in [0.15, 0.2) is 0 Å². The summed E-state index contributed by atoms with van der Waals surface area (Å²) in [6, 6.07) is 20.9. The first-order chi connectivity index (χ1) is 18.6. The van der Waals surface area contributed by atoms with Crippen molar-refractivity contribution in [2.24, 2.45) is 0 Å². The van der Waals surface area contributed by atoms with Crippen molar-refractivity contribution in [3.63, 3.8) is 0 Å². The summed E-state index contributed by atoms with van der Waals surface area (Å²) in [7, 11) is 2.14. The van der Waals surface area contributed by atoms with Gasteiger partial charge in [-0.05, 0) is 49.5 Å². The zero-order valence-corrected chi connectivity index (χ0v) is 21.0. The highest BCUT2D eigenvalue weighted by Crippen LogP contribution is 2.33. The largest absolute Gasteiger partial charge is 0.424 e. The van der Waals surface area contributed by atoms with E-state index in [-0.39, 0.29) is 12.0 Å². The maximum atomic E-state index is 13.1. The minimum atomic E-state index is -0.334. The minimum Gasteiger partial charge on any atom is -0.424 e. The molecule has 0 radical (unpaired) electrons. The topological polar surface area (TPSA) is 95.5 Å². The number of hydrogen-bond acceptors (Lipinski definition) is 7. The minimum absolute atomic E-state index is 0.262. The lowest BCUT2D eigenvalue weighted by molar-refractivity contribution is 0.262. The number of aromatic nitrogens is 3. The van der Waals surface area contributed by atoms with Crippen LogP contribution in [0.1, 0.15) is 0 Å². The molecule has 2 amide bonds. The Kier molecular flexibility index (Phi) is 6.41. The number of amides is 2. The quantitative estimate of drug-likeness (QED) is 0.332. The van der Waals surface area contributed by atoms with E-state index in [0.29, 0.717) is 17.1 Å². The van der Waals surface area contributed by atoms with Crippen molar-refractivity contribution >= 4 is 44.8 Å². The van der Waals surface area contributed by atoms with Gasteiger partial charge in [-0.3, -0.25) is 4.98 Å². The van der Waals surface area contributed by atoms with Gasteiger partial charge < -0.3 is 25.2 Å². The van der Waals surface area contributed by atoms with Gasteiger partial charge in [0.1, 0.15) is 5.75 Å². The van der Waals surface area contributed by atoms with Gasteiger partial charge in [-0.1, -0.05) is 24.3 Å². The number of anilines is 3. The highest BCUT2D eigenvalue weighted by Gasteiger charge is 2.17. The fourth-order valence-corrected chi connectivity index (χ4v) is 4.73. The number of ether oxygens (including phenoxy) is 1. The number of nitrogens with zero attached hydrogens (tertiary/aromatic N) is 5. The molecular formula is C29H27N7O2. The molecule has 6 rings (SSSR count). The predicted octanol–water partition coefficient (Wildman–Crippen LogP) is 5.37. The van der Waals surface area contributed by atoms with E-state index in [1.165, 1.54) is 0 Å². The molecule has 1 fully saturated rings. The number of benzene rings is 3. The smallest absolute Gasteiger partial charge is 0.323 e. The molecule has 0 bridgehead atoms. The summed E-state index contributed by atoms with van der Waals surface area (Å²) in [5, 5.41) is 8.67. The number of pyridine rings is 1. The second-order valence-electron chi connectivity index (χ2n) is 9.22. The first-order valence-electron chi connectivity index (χ1n) is 12.5. The number of carbonyl (C=O) groups is 1. The van der Waals surface area contributed by atoms with Gasteiger partial charge in [-0.2, -0.15) is 0 Å². The van der Waals surface area contributed by atoms with E-state index in [1.54, 1.807) is 18.5 Å². The SMILES string of the molecule is CN1CCN(c2ccnc3ccc(NC(=O)Nc4cccc5c(Oc6ncccn6)cccc45)cc23)CC1. The summed E-state index contributed by atoms with van der Waals surface area (Å²) in [4.78, 5) is 30.6. The number of rotatable bonds is 5. The average molecular weight is 506 g/mol. The Morgan fingerprint density at radius 1 is 0.789 bits per heavy atom. The van der Waals surface area contributed by atoms with Crippen molar-refractivity contribution in [1.82, 2.24) is 19.9 Å². The molecule has 38 heavy (non-hydrogen) atoms. The molecule has 9 nitrogen and oxygen atoms in total. The van der Waals surface area contributed by atoms with Gasteiger partial charge in [-0.25, -0.2) is 14.8 Å². The van der Waals surface area contributed by atoms with E-state index >= 15 is 0 Å². The molecule has 2 N–H and O–H groups in total. The van der Waals surface area contributed by atoms with E-state index in [9.17, 15) is 4.79 Å². The molecule has 2 aromatic heterocycles. The first-order valence-corrected chi connectivity index (χ1v) is 12.5. The Hall–Kier alpha value is -4.76. The van der Waals surface area contributed by atoms with Gasteiger partial charge in [0.2, 0.25) is 0 Å². The van der Waals surface area contributed by atoms with Crippen LogP contribution in [0.4, 0.5) is 21.9 Å². The van der Waals surface area contributed by atoms with Gasteiger partial charge in [-0.15, -0.1) is 0 Å². The predicted molar refractivity (Wildman–Crippen MR) is 150 cm³/mol. The van der Waals surface area contributed by atoms with Gasteiger partial charge >= 0.3 is 12.0 Å². The van der Waals surface area contributed by atoms with Crippen LogP contribution in [0.2, 0.25) is 0 Å². The van der Waals surface area contributed by atoms with Crippen molar-refractivity contribution in [3.8, 4) is 11.8 Å². The number of nitrogens with one attached hydrogen (secondary N) is 2. The molecule has 3 heterocycles. The van der Waals surface area contributed by atoms with Crippen LogP contribution >= 0.6 is 0 Å². The number of likely N-dealkylation sites (N-methyl/N-ethyl adjacent to an activating group) is 1. The monoisotopic (exact) mass is 505 g/mol. The maximum Gasteiger partial charge on any atom is 0.323 e. The average Bonchev–Trinajstić information content (AvgIpc) is 2.94. The Balaban J connectivity index is 1.23. The normalized spacial score (nSPS) is 14.0. The van der Waals surface area contributed by atoms with Crippen molar-refractivity contribution in [2.45, 2.75) is 0 Å². The second kappa shape index (κ2) is 10.3. The maximum absolute atomic E-state index is 13.1. The molecule has 0 unspecified atom stereocenters. The highest BCUT2D eigenvalue weighted by atomic mass is 16.5. The molecule has 190 valence electrons. The van der Waals surface area contributed by atoms with Crippen LogP contribution in [-0.2, 0) is 0 Å². The molecule has 1 aliphatic heterocycles. The number of hydrogen-bond donors (Lipinski definition) is 2. The Labute approximate surface area is 220 Å². The number of carbonyl (C=O) groups excluding carboxylic acids is 1. The van der Waals surface area contributed by atoms with Crippen LogP contribution in [-0.4, -0.2) is 59.1 Å². The molecular weight excluding hydrogens is 478 g/mol. The standard InChI is InChI=1S/C29H27N7O2/c1-35-15-17-36(18-16-35)26-11-14-30-24-10-9-20(19-23(24)26)33-28(37)34-25-7-2-6-22-21(25)5-3-8-27(22)38-29-31-12-4-13-32-29/h2-14,19H,15-18H2,1H3,(H2,33,34,37). The van der Waals surface area contributed by atoms with Crippen molar-refractivity contribution in [3.05, 3.63) is 85.3 Å². The molecule has 5 aromatic rings. The van der Waals surface area contributed by atoms with Crippen LogP contribution in [0.15, 0.2) is 85.3 Å². The lowest BCUT2D eigenvalue weighted by atomic mass is 10.1. The van der Waals surface area contributed by atoms with Crippen LogP contribution in [0, 0.1) is 0 Å². The van der Waals surface area contributed by atoms with E-state index in [4.69, 9.17) is 4.74 Å². The van der Waals surface area contributed by atoms with Crippen LogP contribution in [0.25, 0.3) is 21.7 Å². The van der Waals surface area contributed by atoms with Crippen molar-refractivity contribution < 1.29 is 9.53 Å². The summed E-state index contributed by atoms with van der Waals surface area (Å²) in [6.45, 7) is 3.94. The zero-order valence-electron chi connectivity index (χ0n) is 21.0. The molecule has 1 saturated heterocycles. The summed E-state index contributed by atoms with van der Waals surface area (Å²) < 4.78 is 5.89. The van der Waals surface area contributed by atoms with Gasteiger partial charge in [0.25, 0.3) is 0 Å². The molecule has 0 aliphatic carbocycles. The summed E-state index contributed by atoms with van der Waals surface area (Å²) in [5.41, 5.74) is 3.40. The number of urea groups is 1. The fraction of sp³-hybridized carbons (Fsp3) is 0.172. The zero-order chi connectivity index (χ0) is 25.9. The van der Waals surface area contributed by atoms with Crippen LogP contribution < -0.4 is 20.3 Å². The van der Waals surface area contributed by atoms with Crippen molar-refractivity contribution in [2.75, 3.05) is 48.8 Å². The lowest BCUT2D eigenvalue weighted by Crippen LogP contribution is -2.44. The summed E-state index contributed by atoms with van der Waals surface area (Å²) >= 11 is 0. The third-order valence-electron chi connectivity index (χ3n) is 6.69. The van der Waals surface area contributed by atoms with E-state index < -0.39 is 0 Å². The first kappa shape index (κ1) is 23.6. The molecule has 0 spiro atoms. The van der Waals surface area contributed by atoms with Gasteiger partial charge in [0.05, 0.1) is 11.2 Å². The summed E-state index contributed by atoms with van der Waals surface area (Å²) in [6.07, 6.45) is 5.10. The number of piperazine rings is 1. The third kappa shape index (κ3) is 4.91. The number of fused-ring (bicyclic) bond motifs is 2. The van der Waals surface area contributed by atoms with Crippen molar-refractivity contribution in [1.29, 1.82) is 0 Å². The second-order valence-corrected chi connectivity index (χ2v) is 9.22. The lowest BCUT2D eigenvalue weighted by Gasteiger charge is -2.34. The Morgan fingerprint density at radius 2 is 1.58 bits per heavy atom. The fourth-order valence-electron chi connectivity index (χ4n) is 4.73. The Morgan fingerprint density at radius 3 is 2.42 bits per heavy atom. The van der Waals surface area contributed by atoms with E-state index in [2.05, 4.69) is 42.4 Å². The molecule has 1 aliphatic rings. The van der Waals surface area contributed by atoms with Gasteiger partial charge in [0, 0.05) is 72.3 Å². The molecule has 0 saturated carbocycles. The Bertz CT molecular complexity index is 1600. The van der Waals surface area contributed by atoms with E-state index in [0.717, 1.165) is 53.5 Å². The van der Waals surface area contributed by atoms with Crippen LogP contribution in [0.3, 0.4) is 0 Å². The summed E-state index contributed by atoms with van der Waals surface area (Å²) in [5.74, 6) is 0.608.